The molecule has 4 N–H and O–H groups in total. The Labute approximate surface area is 110 Å². The Kier molecular flexibility index (Phi) is 4.06. The van der Waals surface area contributed by atoms with Crippen molar-refractivity contribution in [3.05, 3.63) is 27.8 Å². The number of aromatic nitrogens is 3. The first-order valence-corrected chi connectivity index (χ1v) is 6.52. The van der Waals surface area contributed by atoms with E-state index in [4.69, 9.17) is 5.84 Å². The zero-order valence-electron chi connectivity index (χ0n) is 10.4. The Morgan fingerprint density at radius 2 is 2.11 bits per heavy atom. The molecule has 6 nitrogen and oxygen atoms in total. The molecule has 0 radical (unpaired) electrons. The van der Waals surface area contributed by atoms with Crippen molar-refractivity contribution in [2.45, 2.75) is 20.3 Å². The van der Waals surface area contributed by atoms with E-state index in [0.717, 1.165) is 35.2 Å². The monoisotopic (exact) mass is 264 g/mol. The molecule has 2 heterocycles. The highest BCUT2D eigenvalue weighted by atomic mass is 32.1. The van der Waals surface area contributed by atoms with E-state index < -0.39 is 0 Å². The van der Waals surface area contributed by atoms with Gasteiger partial charge in [0.1, 0.15) is 5.82 Å². The second kappa shape index (κ2) is 5.74. The third-order valence-corrected chi connectivity index (χ3v) is 3.16. The molecule has 0 aliphatic rings. The van der Waals surface area contributed by atoms with Gasteiger partial charge in [-0.15, -0.1) is 11.3 Å². The lowest BCUT2D eigenvalue weighted by Gasteiger charge is -2.07. The molecule has 0 saturated carbocycles. The van der Waals surface area contributed by atoms with Crippen LogP contribution in [0.15, 0.2) is 11.4 Å². The molecule has 0 saturated heterocycles. The van der Waals surface area contributed by atoms with Crippen LogP contribution in [0.2, 0.25) is 0 Å². The van der Waals surface area contributed by atoms with E-state index in [0.29, 0.717) is 5.95 Å². The summed E-state index contributed by atoms with van der Waals surface area (Å²) in [4.78, 5) is 12.7. The van der Waals surface area contributed by atoms with Gasteiger partial charge in [-0.05, 0) is 13.8 Å². The van der Waals surface area contributed by atoms with Crippen LogP contribution in [0.25, 0.3) is 0 Å². The molecule has 0 bridgehead atoms. The van der Waals surface area contributed by atoms with Crippen LogP contribution in [0.3, 0.4) is 0 Å². The largest absolute Gasteiger partial charge is 0.370 e. The van der Waals surface area contributed by atoms with Gasteiger partial charge in [0, 0.05) is 30.1 Å². The van der Waals surface area contributed by atoms with Gasteiger partial charge in [-0.2, -0.15) is 4.98 Å². The third kappa shape index (κ3) is 3.38. The van der Waals surface area contributed by atoms with Crippen LogP contribution in [-0.4, -0.2) is 21.5 Å². The number of nitrogens with two attached hydrogens (primary N) is 1. The van der Waals surface area contributed by atoms with Crippen LogP contribution in [0.5, 0.6) is 0 Å². The highest BCUT2D eigenvalue weighted by Crippen LogP contribution is 2.10. The van der Waals surface area contributed by atoms with E-state index >= 15 is 0 Å². The van der Waals surface area contributed by atoms with Crippen LogP contribution in [0, 0.1) is 13.8 Å². The molecule has 0 unspecified atom stereocenters. The summed E-state index contributed by atoms with van der Waals surface area (Å²) in [6.45, 7) is 4.69. The number of rotatable bonds is 5. The summed E-state index contributed by atoms with van der Waals surface area (Å²) in [6, 6.07) is 1.88. The molecule has 7 heteroatoms. The molecule has 0 amide bonds. The minimum atomic E-state index is 0.419. The summed E-state index contributed by atoms with van der Waals surface area (Å²) in [5, 5.41) is 6.41. The number of hydrogen-bond acceptors (Lipinski definition) is 7. The quantitative estimate of drug-likeness (QED) is 0.560. The van der Waals surface area contributed by atoms with Crippen LogP contribution < -0.4 is 16.6 Å². The average Bonchev–Trinajstić information content (AvgIpc) is 2.74. The SMILES string of the molecule is Cc1cc(NCCc2csc(C)n2)nc(NN)n1. The highest BCUT2D eigenvalue weighted by molar-refractivity contribution is 7.09. The van der Waals surface area contributed by atoms with E-state index in [2.05, 4.69) is 31.1 Å². The summed E-state index contributed by atoms with van der Waals surface area (Å²) in [7, 11) is 0. The summed E-state index contributed by atoms with van der Waals surface area (Å²) >= 11 is 1.67. The molecule has 18 heavy (non-hydrogen) atoms. The lowest BCUT2D eigenvalue weighted by atomic mass is 10.3. The molecule has 0 aromatic carbocycles. The van der Waals surface area contributed by atoms with Crippen molar-refractivity contribution >= 4 is 23.1 Å². The van der Waals surface area contributed by atoms with Crippen molar-refractivity contribution in [1.29, 1.82) is 0 Å². The fourth-order valence-corrected chi connectivity index (χ4v) is 2.21. The minimum Gasteiger partial charge on any atom is -0.370 e. The van der Waals surface area contributed by atoms with Crippen LogP contribution >= 0.6 is 11.3 Å². The molecule has 0 aliphatic heterocycles. The van der Waals surface area contributed by atoms with Gasteiger partial charge in [0.15, 0.2) is 0 Å². The lowest BCUT2D eigenvalue weighted by Crippen LogP contribution is -2.13. The lowest BCUT2D eigenvalue weighted by molar-refractivity contribution is 0.953. The van der Waals surface area contributed by atoms with Gasteiger partial charge in [-0.1, -0.05) is 0 Å². The van der Waals surface area contributed by atoms with Gasteiger partial charge >= 0.3 is 0 Å². The van der Waals surface area contributed by atoms with E-state index in [9.17, 15) is 0 Å². The van der Waals surface area contributed by atoms with Crippen molar-refractivity contribution in [1.82, 2.24) is 15.0 Å². The van der Waals surface area contributed by atoms with Crippen LogP contribution in [0.1, 0.15) is 16.4 Å². The number of nitrogen functional groups attached to an aromatic ring is 1. The van der Waals surface area contributed by atoms with Crippen molar-refractivity contribution in [2.24, 2.45) is 5.84 Å². The number of nitrogens with one attached hydrogen (secondary N) is 2. The Balaban J connectivity index is 1.91. The molecule has 2 aromatic rings. The summed E-state index contributed by atoms with van der Waals surface area (Å²) < 4.78 is 0. The second-order valence-corrected chi connectivity index (χ2v) is 4.96. The highest BCUT2D eigenvalue weighted by Gasteiger charge is 2.02. The zero-order chi connectivity index (χ0) is 13.0. The average molecular weight is 264 g/mol. The van der Waals surface area contributed by atoms with E-state index in [1.807, 2.05) is 19.9 Å². The maximum absolute atomic E-state index is 5.30. The molecule has 96 valence electrons. The number of nitrogens with zero attached hydrogens (tertiary/aromatic N) is 3. The number of hydrogen-bond donors (Lipinski definition) is 3. The van der Waals surface area contributed by atoms with Crippen LogP contribution in [0.4, 0.5) is 11.8 Å². The van der Waals surface area contributed by atoms with Gasteiger partial charge < -0.3 is 5.32 Å². The Bertz CT molecular complexity index is 524. The predicted octanol–water partition coefficient (Wildman–Crippen LogP) is 1.49. The first-order valence-electron chi connectivity index (χ1n) is 5.64. The Morgan fingerprint density at radius 3 is 2.78 bits per heavy atom. The molecule has 0 aliphatic carbocycles. The van der Waals surface area contributed by atoms with E-state index in [-0.39, 0.29) is 0 Å². The van der Waals surface area contributed by atoms with E-state index in [1.165, 1.54) is 0 Å². The molecular weight excluding hydrogens is 248 g/mol. The molecule has 2 aromatic heterocycles. The van der Waals surface area contributed by atoms with Crippen molar-refractivity contribution in [3.63, 3.8) is 0 Å². The summed E-state index contributed by atoms with van der Waals surface area (Å²) in [6.07, 6.45) is 0.874. The zero-order valence-corrected chi connectivity index (χ0v) is 11.2. The number of anilines is 2. The maximum atomic E-state index is 5.30. The van der Waals surface area contributed by atoms with Crippen molar-refractivity contribution in [3.8, 4) is 0 Å². The standard InChI is InChI=1S/C11H16N6S/c1-7-5-10(16-11(14-7)17-12)13-4-3-9-6-18-8(2)15-9/h5-6H,3-4,12H2,1-2H3,(H2,13,14,16,17). The minimum absolute atomic E-state index is 0.419. The van der Waals surface area contributed by atoms with E-state index in [1.54, 1.807) is 11.3 Å². The van der Waals surface area contributed by atoms with Gasteiger partial charge in [0.2, 0.25) is 5.95 Å². The molecule has 2 rings (SSSR count). The fourth-order valence-electron chi connectivity index (χ4n) is 1.57. The van der Waals surface area contributed by atoms with Crippen LogP contribution in [-0.2, 0) is 6.42 Å². The number of thiazole rings is 1. The van der Waals surface area contributed by atoms with Gasteiger partial charge in [-0.3, -0.25) is 5.43 Å². The van der Waals surface area contributed by atoms with Crippen molar-refractivity contribution in [2.75, 3.05) is 17.3 Å². The first kappa shape index (κ1) is 12.7. The van der Waals surface area contributed by atoms with Gasteiger partial charge in [0.25, 0.3) is 0 Å². The fraction of sp³-hybridized carbons (Fsp3) is 0.364. The molecule has 0 spiro atoms. The topological polar surface area (TPSA) is 88.8 Å². The summed E-state index contributed by atoms with van der Waals surface area (Å²) in [5.41, 5.74) is 4.42. The smallest absolute Gasteiger partial charge is 0.239 e. The molecular formula is C11H16N6S. The third-order valence-electron chi connectivity index (χ3n) is 2.34. The predicted molar refractivity (Wildman–Crippen MR) is 73.6 cm³/mol. The second-order valence-electron chi connectivity index (χ2n) is 3.90. The van der Waals surface area contributed by atoms with Crippen molar-refractivity contribution < 1.29 is 0 Å². The van der Waals surface area contributed by atoms with Gasteiger partial charge in [0.05, 0.1) is 10.7 Å². The Hall–Kier alpha value is -1.73. The van der Waals surface area contributed by atoms with Gasteiger partial charge in [-0.25, -0.2) is 15.8 Å². The maximum Gasteiger partial charge on any atom is 0.239 e. The molecule has 0 atom stereocenters. The first-order chi connectivity index (χ1) is 8.67. The number of hydrazine groups is 1. The number of aryl methyl sites for hydroxylation is 2. The Morgan fingerprint density at radius 1 is 1.28 bits per heavy atom. The normalized spacial score (nSPS) is 10.4. The summed E-state index contributed by atoms with van der Waals surface area (Å²) in [5.74, 6) is 6.48. The molecule has 0 fully saturated rings.